The van der Waals surface area contributed by atoms with Crippen LogP contribution in [0.25, 0.3) is 0 Å². The topological polar surface area (TPSA) is 36.4 Å². The van der Waals surface area contributed by atoms with Gasteiger partial charge < -0.3 is 10.6 Å². The molecule has 0 aliphatic carbocycles. The molecule has 5 heteroatoms. The number of thioether (sulfide) groups is 1. The molecule has 1 rings (SSSR count). The second kappa shape index (κ2) is 9.14. The van der Waals surface area contributed by atoms with Crippen LogP contribution in [0.1, 0.15) is 32.4 Å². The molecule has 112 valence electrons. The summed E-state index contributed by atoms with van der Waals surface area (Å²) in [7, 11) is 0. The Morgan fingerprint density at radius 3 is 2.75 bits per heavy atom. The molecule has 0 bridgehead atoms. The first-order valence-electron chi connectivity index (χ1n) is 6.90. The summed E-state index contributed by atoms with van der Waals surface area (Å²) in [5, 5.41) is 7.96. The number of nitrogens with zero attached hydrogens (tertiary/aromatic N) is 1. The molecule has 2 atom stereocenters. The number of guanidine groups is 1. The van der Waals surface area contributed by atoms with E-state index in [9.17, 15) is 0 Å². The van der Waals surface area contributed by atoms with E-state index in [2.05, 4.69) is 48.7 Å². The van der Waals surface area contributed by atoms with Crippen LogP contribution < -0.4 is 10.6 Å². The maximum absolute atomic E-state index is 6.03. The first kappa shape index (κ1) is 17.2. The molecule has 0 aliphatic rings. The van der Waals surface area contributed by atoms with Gasteiger partial charge in [-0.1, -0.05) is 30.7 Å². The quantitative estimate of drug-likeness (QED) is 0.621. The minimum atomic E-state index is 0.163. The van der Waals surface area contributed by atoms with Gasteiger partial charge in [0.15, 0.2) is 5.96 Å². The lowest BCUT2D eigenvalue weighted by molar-refractivity contribution is 0.686. The molecule has 0 aromatic heterocycles. The van der Waals surface area contributed by atoms with Crippen LogP contribution >= 0.6 is 23.4 Å². The summed E-state index contributed by atoms with van der Waals surface area (Å²) in [6.07, 6.45) is 2.11. The zero-order valence-electron chi connectivity index (χ0n) is 12.6. The van der Waals surface area contributed by atoms with Crippen molar-refractivity contribution in [3.05, 3.63) is 34.9 Å². The lowest BCUT2D eigenvalue weighted by Gasteiger charge is -2.19. The van der Waals surface area contributed by atoms with Crippen LogP contribution in [0.3, 0.4) is 0 Å². The van der Waals surface area contributed by atoms with E-state index in [0.29, 0.717) is 5.25 Å². The van der Waals surface area contributed by atoms with Gasteiger partial charge in [0.2, 0.25) is 0 Å². The first-order valence-corrected chi connectivity index (χ1v) is 8.56. The van der Waals surface area contributed by atoms with Crippen LogP contribution in [0.4, 0.5) is 0 Å². The third kappa shape index (κ3) is 6.06. The Labute approximate surface area is 131 Å². The van der Waals surface area contributed by atoms with Crippen molar-refractivity contribution in [2.75, 3.05) is 19.3 Å². The summed E-state index contributed by atoms with van der Waals surface area (Å²) in [6, 6.07) is 8.06. The summed E-state index contributed by atoms with van der Waals surface area (Å²) < 4.78 is 0. The van der Waals surface area contributed by atoms with Gasteiger partial charge in [-0.05, 0) is 37.8 Å². The van der Waals surface area contributed by atoms with E-state index in [1.165, 1.54) is 0 Å². The number of rotatable bonds is 6. The number of nitrogens with one attached hydrogen (secondary N) is 2. The van der Waals surface area contributed by atoms with Crippen molar-refractivity contribution in [2.24, 2.45) is 4.99 Å². The van der Waals surface area contributed by atoms with E-state index in [0.717, 1.165) is 29.6 Å². The molecule has 2 N–H and O–H groups in total. The third-order valence-corrected chi connectivity index (χ3v) is 4.14. The molecule has 0 spiro atoms. The Hall–Kier alpha value is -0.870. The monoisotopic (exact) mass is 313 g/mol. The molecule has 0 fully saturated rings. The Morgan fingerprint density at radius 2 is 2.15 bits per heavy atom. The summed E-state index contributed by atoms with van der Waals surface area (Å²) >= 11 is 7.85. The van der Waals surface area contributed by atoms with E-state index in [1.54, 1.807) is 0 Å². The minimum Gasteiger partial charge on any atom is -0.357 e. The molecular formula is C15H24ClN3S. The largest absolute Gasteiger partial charge is 0.357 e. The van der Waals surface area contributed by atoms with Crippen LogP contribution in [0.2, 0.25) is 5.02 Å². The molecule has 3 nitrogen and oxygen atoms in total. The summed E-state index contributed by atoms with van der Waals surface area (Å²) in [5.74, 6) is 0.848. The maximum atomic E-state index is 6.03. The van der Waals surface area contributed by atoms with Crippen molar-refractivity contribution < 1.29 is 0 Å². The normalized spacial score (nSPS) is 14.8. The van der Waals surface area contributed by atoms with E-state index in [-0.39, 0.29) is 6.04 Å². The van der Waals surface area contributed by atoms with Crippen LogP contribution in [0, 0.1) is 0 Å². The fraction of sp³-hybridized carbons (Fsp3) is 0.533. The molecule has 0 saturated carbocycles. The van der Waals surface area contributed by atoms with Crippen LogP contribution in [0.5, 0.6) is 0 Å². The summed E-state index contributed by atoms with van der Waals surface area (Å²) in [5.41, 5.74) is 1.15. The summed E-state index contributed by atoms with van der Waals surface area (Å²) in [4.78, 5) is 4.61. The molecule has 0 aliphatic heterocycles. The fourth-order valence-electron chi connectivity index (χ4n) is 1.68. The molecule has 0 saturated heterocycles. The van der Waals surface area contributed by atoms with Gasteiger partial charge in [-0.3, -0.25) is 4.99 Å². The molecular weight excluding hydrogens is 290 g/mol. The van der Waals surface area contributed by atoms with Crippen molar-refractivity contribution in [3.8, 4) is 0 Å². The Balaban J connectivity index is 2.69. The van der Waals surface area contributed by atoms with Crippen molar-refractivity contribution in [1.82, 2.24) is 10.6 Å². The van der Waals surface area contributed by atoms with Crippen LogP contribution in [-0.2, 0) is 0 Å². The molecule has 0 amide bonds. The number of hydrogen-bond donors (Lipinski definition) is 2. The average Bonchev–Trinajstić information content (AvgIpc) is 2.44. The maximum Gasteiger partial charge on any atom is 0.191 e. The molecule has 1 aromatic rings. The van der Waals surface area contributed by atoms with Crippen molar-refractivity contribution in [3.63, 3.8) is 0 Å². The SMILES string of the molecule is CCNC(=NCC(C)SC)NC(C)c1cccc(Cl)c1. The highest BCUT2D eigenvalue weighted by Crippen LogP contribution is 2.17. The lowest BCUT2D eigenvalue weighted by atomic mass is 10.1. The zero-order valence-corrected chi connectivity index (χ0v) is 14.2. The van der Waals surface area contributed by atoms with Gasteiger partial charge in [0.1, 0.15) is 0 Å². The number of aliphatic imine (C=N–C) groups is 1. The predicted molar refractivity (Wildman–Crippen MR) is 92.0 cm³/mol. The highest BCUT2D eigenvalue weighted by atomic mass is 35.5. The van der Waals surface area contributed by atoms with Gasteiger partial charge in [0.05, 0.1) is 12.6 Å². The number of benzene rings is 1. The first-order chi connectivity index (χ1) is 9.56. The van der Waals surface area contributed by atoms with Gasteiger partial charge in [-0.2, -0.15) is 11.8 Å². The van der Waals surface area contributed by atoms with Gasteiger partial charge in [0, 0.05) is 16.8 Å². The van der Waals surface area contributed by atoms with Crippen LogP contribution in [-0.4, -0.2) is 30.6 Å². The standard InChI is InChI=1S/C15H24ClN3S/c1-5-17-15(18-10-11(2)20-4)19-12(3)13-7-6-8-14(16)9-13/h6-9,11-12H,5,10H2,1-4H3,(H2,17,18,19). The van der Waals surface area contributed by atoms with Gasteiger partial charge in [0.25, 0.3) is 0 Å². The number of hydrogen-bond acceptors (Lipinski definition) is 2. The smallest absolute Gasteiger partial charge is 0.191 e. The Morgan fingerprint density at radius 1 is 1.40 bits per heavy atom. The van der Waals surface area contributed by atoms with Crippen molar-refractivity contribution >= 4 is 29.3 Å². The zero-order chi connectivity index (χ0) is 15.0. The van der Waals surface area contributed by atoms with Crippen molar-refractivity contribution in [1.29, 1.82) is 0 Å². The fourth-order valence-corrected chi connectivity index (χ4v) is 2.10. The van der Waals surface area contributed by atoms with E-state index < -0.39 is 0 Å². The highest BCUT2D eigenvalue weighted by molar-refractivity contribution is 7.99. The van der Waals surface area contributed by atoms with E-state index in [4.69, 9.17) is 11.6 Å². The summed E-state index contributed by atoms with van der Waals surface area (Å²) in [6.45, 7) is 8.01. The Kier molecular flexibility index (Phi) is 7.85. The number of halogens is 1. The predicted octanol–water partition coefficient (Wildman–Crippen LogP) is 3.71. The average molecular weight is 314 g/mol. The molecule has 0 heterocycles. The molecule has 2 unspecified atom stereocenters. The third-order valence-electron chi connectivity index (χ3n) is 2.96. The van der Waals surface area contributed by atoms with Gasteiger partial charge in [-0.25, -0.2) is 0 Å². The van der Waals surface area contributed by atoms with Crippen molar-refractivity contribution in [2.45, 2.75) is 32.1 Å². The lowest BCUT2D eigenvalue weighted by Crippen LogP contribution is -2.39. The molecule has 0 radical (unpaired) electrons. The molecule has 20 heavy (non-hydrogen) atoms. The van der Waals surface area contributed by atoms with Gasteiger partial charge >= 0.3 is 0 Å². The van der Waals surface area contributed by atoms with Gasteiger partial charge in [-0.15, -0.1) is 0 Å². The second-order valence-electron chi connectivity index (χ2n) is 4.69. The molecule has 1 aromatic carbocycles. The minimum absolute atomic E-state index is 0.163. The van der Waals surface area contributed by atoms with E-state index >= 15 is 0 Å². The van der Waals surface area contributed by atoms with Crippen LogP contribution in [0.15, 0.2) is 29.3 Å². The Bertz CT molecular complexity index is 437. The highest BCUT2D eigenvalue weighted by Gasteiger charge is 2.08. The second-order valence-corrected chi connectivity index (χ2v) is 6.40. The van der Waals surface area contributed by atoms with E-state index in [1.807, 2.05) is 30.0 Å².